The molecule has 0 aromatic rings. The maximum Gasteiger partial charge on any atom is 0.111 e. The Bertz CT molecular complexity index is 211. The van der Waals surface area contributed by atoms with E-state index in [-0.39, 0.29) is 18.4 Å². The van der Waals surface area contributed by atoms with Crippen LogP contribution in [0, 0.1) is 5.92 Å². The van der Waals surface area contributed by atoms with Gasteiger partial charge in [0.2, 0.25) is 0 Å². The van der Waals surface area contributed by atoms with Gasteiger partial charge in [0.05, 0.1) is 6.04 Å². The molecule has 0 spiro atoms. The van der Waals surface area contributed by atoms with Crippen molar-refractivity contribution in [3.63, 3.8) is 0 Å². The standard InChI is InChI=1S/C10H19NO3.ClH/c1-6(2)5-11-7-3-4-8(12)10(14)9(7)13;/h3-4,6-14H,5H2,1-2H3;1H/t7-,8+,9+,10+;/m0./s1. The quantitative estimate of drug-likeness (QED) is 0.508. The molecule has 1 aliphatic carbocycles. The van der Waals surface area contributed by atoms with Crippen LogP contribution in [-0.4, -0.2) is 46.2 Å². The van der Waals surface area contributed by atoms with Crippen molar-refractivity contribution < 1.29 is 15.3 Å². The molecule has 0 aromatic heterocycles. The van der Waals surface area contributed by atoms with Crippen LogP contribution in [0.3, 0.4) is 0 Å². The molecule has 0 aromatic carbocycles. The van der Waals surface area contributed by atoms with Gasteiger partial charge in [-0.25, -0.2) is 0 Å². The minimum atomic E-state index is -1.09. The fourth-order valence-electron chi connectivity index (χ4n) is 1.44. The van der Waals surface area contributed by atoms with Crippen LogP contribution in [0.2, 0.25) is 0 Å². The van der Waals surface area contributed by atoms with Gasteiger partial charge in [0, 0.05) is 0 Å². The van der Waals surface area contributed by atoms with E-state index in [0.717, 1.165) is 6.54 Å². The van der Waals surface area contributed by atoms with E-state index in [9.17, 15) is 15.3 Å². The highest BCUT2D eigenvalue weighted by atomic mass is 35.5. The van der Waals surface area contributed by atoms with Gasteiger partial charge in [-0.1, -0.05) is 26.0 Å². The highest BCUT2D eigenvalue weighted by molar-refractivity contribution is 5.85. The van der Waals surface area contributed by atoms with Gasteiger partial charge in [-0.15, -0.1) is 12.4 Å². The van der Waals surface area contributed by atoms with Crippen LogP contribution in [-0.2, 0) is 0 Å². The molecular formula is C10H20ClNO3. The number of halogens is 1. The summed E-state index contributed by atoms with van der Waals surface area (Å²) in [6.45, 7) is 4.91. The molecule has 1 aliphatic rings. The first-order valence-electron chi connectivity index (χ1n) is 4.98. The number of aliphatic hydroxyl groups is 3. The molecule has 0 aliphatic heterocycles. The smallest absolute Gasteiger partial charge is 0.111 e. The minimum Gasteiger partial charge on any atom is -0.388 e. The third kappa shape index (κ3) is 4.09. The monoisotopic (exact) mass is 237 g/mol. The lowest BCUT2D eigenvalue weighted by molar-refractivity contribution is -0.0567. The van der Waals surface area contributed by atoms with Gasteiger partial charge in [0.25, 0.3) is 0 Å². The van der Waals surface area contributed by atoms with E-state index in [1.54, 1.807) is 6.08 Å². The van der Waals surface area contributed by atoms with Crippen molar-refractivity contribution in [3.05, 3.63) is 12.2 Å². The van der Waals surface area contributed by atoms with E-state index in [2.05, 4.69) is 19.2 Å². The van der Waals surface area contributed by atoms with Crippen LogP contribution in [0.4, 0.5) is 0 Å². The van der Waals surface area contributed by atoms with Crippen LogP contribution in [0.5, 0.6) is 0 Å². The summed E-state index contributed by atoms with van der Waals surface area (Å²) >= 11 is 0. The molecule has 0 unspecified atom stereocenters. The molecule has 0 fully saturated rings. The van der Waals surface area contributed by atoms with Crippen LogP contribution in [0.25, 0.3) is 0 Å². The predicted octanol–water partition coefficient (Wildman–Crippen LogP) is -0.325. The van der Waals surface area contributed by atoms with Crippen molar-refractivity contribution in [2.24, 2.45) is 5.92 Å². The van der Waals surface area contributed by atoms with E-state index in [1.165, 1.54) is 6.08 Å². The van der Waals surface area contributed by atoms with Gasteiger partial charge in [0.15, 0.2) is 0 Å². The van der Waals surface area contributed by atoms with Gasteiger partial charge >= 0.3 is 0 Å². The topological polar surface area (TPSA) is 72.7 Å². The Kier molecular flexibility index (Phi) is 6.40. The molecule has 0 radical (unpaired) electrons. The summed E-state index contributed by atoms with van der Waals surface area (Å²) < 4.78 is 0. The SMILES string of the molecule is CC(C)CN[C@H]1C=C[C@@H](O)[C@@H](O)[C@@H]1O.Cl. The Morgan fingerprint density at radius 2 is 1.73 bits per heavy atom. The minimum absolute atomic E-state index is 0. The van der Waals surface area contributed by atoms with Gasteiger partial charge in [-0.3, -0.25) is 0 Å². The molecule has 90 valence electrons. The molecule has 1 rings (SSSR count). The lowest BCUT2D eigenvalue weighted by Crippen LogP contribution is -2.52. The number of aliphatic hydroxyl groups excluding tert-OH is 3. The van der Waals surface area contributed by atoms with E-state index >= 15 is 0 Å². The highest BCUT2D eigenvalue weighted by Gasteiger charge is 2.32. The van der Waals surface area contributed by atoms with E-state index < -0.39 is 18.3 Å². The predicted molar refractivity (Wildman–Crippen MR) is 61.0 cm³/mol. The zero-order chi connectivity index (χ0) is 10.7. The first-order valence-corrected chi connectivity index (χ1v) is 4.98. The summed E-state index contributed by atoms with van der Waals surface area (Å²) in [5.74, 6) is 0.486. The van der Waals surface area contributed by atoms with Gasteiger partial charge in [0.1, 0.15) is 18.3 Å². The van der Waals surface area contributed by atoms with E-state index in [0.29, 0.717) is 5.92 Å². The Labute approximate surface area is 96.4 Å². The van der Waals surface area contributed by atoms with Crippen molar-refractivity contribution in [3.8, 4) is 0 Å². The van der Waals surface area contributed by atoms with Crippen molar-refractivity contribution in [1.82, 2.24) is 5.32 Å². The Balaban J connectivity index is 0.00000196. The summed E-state index contributed by atoms with van der Waals surface area (Å²) in [6.07, 6.45) is 0.223. The summed E-state index contributed by atoms with van der Waals surface area (Å²) in [5.41, 5.74) is 0. The average molecular weight is 238 g/mol. The Morgan fingerprint density at radius 3 is 2.27 bits per heavy atom. The molecule has 4 N–H and O–H groups in total. The van der Waals surface area contributed by atoms with Gasteiger partial charge in [-0.2, -0.15) is 0 Å². The first-order chi connectivity index (χ1) is 6.52. The molecule has 0 heterocycles. The van der Waals surface area contributed by atoms with Crippen molar-refractivity contribution in [1.29, 1.82) is 0 Å². The summed E-state index contributed by atoms with van der Waals surface area (Å²) in [4.78, 5) is 0. The number of hydrogen-bond acceptors (Lipinski definition) is 4. The van der Waals surface area contributed by atoms with Crippen molar-refractivity contribution in [2.45, 2.75) is 38.2 Å². The molecule has 0 amide bonds. The second kappa shape index (κ2) is 6.45. The fourth-order valence-corrected chi connectivity index (χ4v) is 1.44. The number of hydrogen-bond donors (Lipinski definition) is 4. The van der Waals surface area contributed by atoms with Crippen molar-refractivity contribution in [2.75, 3.05) is 6.54 Å². The lowest BCUT2D eigenvalue weighted by atomic mass is 9.94. The molecule has 0 saturated heterocycles. The zero-order valence-corrected chi connectivity index (χ0v) is 9.81. The Morgan fingerprint density at radius 1 is 1.13 bits per heavy atom. The van der Waals surface area contributed by atoms with Crippen LogP contribution in [0.1, 0.15) is 13.8 Å². The van der Waals surface area contributed by atoms with Gasteiger partial charge < -0.3 is 20.6 Å². The second-order valence-corrected chi connectivity index (χ2v) is 4.18. The maximum atomic E-state index is 9.60. The average Bonchev–Trinajstić information content (AvgIpc) is 2.13. The normalized spacial score (nSPS) is 35.3. The Hall–Kier alpha value is -0.130. The van der Waals surface area contributed by atoms with Crippen LogP contribution < -0.4 is 5.32 Å². The lowest BCUT2D eigenvalue weighted by Gasteiger charge is -2.31. The molecule has 4 atom stereocenters. The van der Waals surface area contributed by atoms with Crippen LogP contribution >= 0.6 is 12.4 Å². The maximum absolute atomic E-state index is 9.60. The third-order valence-electron chi connectivity index (χ3n) is 2.35. The third-order valence-corrected chi connectivity index (χ3v) is 2.35. The second-order valence-electron chi connectivity index (χ2n) is 4.18. The molecule has 4 nitrogen and oxygen atoms in total. The highest BCUT2D eigenvalue weighted by Crippen LogP contribution is 2.13. The number of nitrogens with one attached hydrogen (secondary N) is 1. The molecular weight excluding hydrogens is 218 g/mol. The first kappa shape index (κ1) is 14.9. The molecule has 5 heteroatoms. The summed E-state index contributed by atoms with van der Waals surface area (Å²) in [7, 11) is 0. The molecule has 0 bridgehead atoms. The van der Waals surface area contributed by atoms with Crippen LogP contribution in [0.15, 0.2) is 12.2 Å². The largest absolute Gasteiger partial charge is 0.388 e. The number of rotatable bonds is 3. The van der Waals surface area contributed by atoms with Crippen molar-refractivity contribution >= 4 is 12.4 Å². The zero-order valence-electron chi connectivity index (χ0n) is 9.00. The van der Waals surface area contributed by atoms with E-state index in [4.69, 9.17) is 0 Å². The molecule has 15 heavy (non-hydrogen) atoms. The fraction of sp³-hybridized carbons (Fsp3) is 0.800. The van der Waals surface area contributed by atoms with Gasteiger partial charge in [-0.05, 0) is 12.5 Å². The summed E-state index contributed by atoms with van der Waals surface area (Å²) in [5, 5.41) is 31.3. The van der Waals surface area contributed by atoms with E-state index in [1.807, 2.05) is 0 Å². The molecule has 0 saturated carbocycles. The summed E-state index contributed by atoms with van der Waals surface area (Å²) in [6, 6.07) is -0.268.